The fourth-order valence-corrected chi connectivity index (χ4v) is 2.40. The minimum atomic E-state index is 0.490. The van der Waals surface area contributed by atoms with E-state index in [-0.39, 0.29) is 0 Å². The molecule has 0 saturated carbocycles. The Hall–Kier alpha value is -1.81. The third kappa shape index (κ3) is 3.85. The van der Waals surface area contributed by atoms with Gasteiger partial charge in [-0.25, -0.2) is 4.98 Å². The van der Waals surface area contributed by atoms with Gasteiger partial charge in [-0.15, -0.1) is 0 Å². The van der Waals surface area contributed by atoms with E-state index in [0.29, 0.717) is 6.04 Å². The van der Waals surface area contributed by atoms with Crippen molar-refractivity contribution in [2.24, 2.45) is 0 Å². The standard InChI is InChI=1S/C17H25N3O/c1-12(2)11-20-16-7-6-14(21-5)10-15(16)19-17(20)8-9-18-13(3)4/h6-7,10,13,18H,1,8-9,11H2,2-5H3. The average molecular weight is 287 g/mol. The molecule has 0 bridgehead atoms. The molecule has 0 radical (unpaired) electrons. The van der Waals surface area contributed by atoms with Crippen molar-refractivity contribution in [2.75, 3.05) is 13.7 Å². The number of allylic oxidation sites excluding steroid dienone is 1. The fraction of sp³-hybridized carbons (Fsp3) is 0.471. The number of ether oxygens (including phenoxy) is 1. The molecule has 4 heteroatoms. The molecular formula is C17H25N3O. The summed E-state index contributed by atoms with van der Waals surface area (Å²) in [5.74, 6) is 1.93. The van der Waals surface area contributed by atoms with Crippen molar-refractivity contribution in [2.45, 2.75) is 39.8 Å². The van der Waals surface area contributed by atoms with Crippen molar-refractivity contribution in [3.63, 3.8) is 0 Å². The number of rotatable bonds is 7. The van der Waals surface area contributed by atoms with E-state index in [1.165, 1.54) is 0 Å². The summed E-state index contributed by atoms with van der Waals surface area (Å²) in [5.41, 5.74) is 3.25. The summed E-state index contributed by atoms with van der Waals surface area (Å²) < 4.78 is 7.54. The molecule has 0 aliphatic carbocycles. The molecule has 0 aliphatic heterocycles. The zero-order valence-corrected chi connectivity index (χ0v) is 13.4. The van der Waals surface area contributed by atoms with E-state index in [2.05, 4.69) is 36.4 Å². The van der Waals surface area contributed by atoms with Crippen molar-refractivity contribution in [3.05, 3.63) is 36.2 Å². The van der Waals surface area contributed by atoms with Gasteiger partial charge < -0.3 is 14.6 Å². The Balaban J connectivity index is 2.34. The number of aromatic nitrogens is 2. The third-order valence-corrected chi connectivity index (χ3v) is 3.36. The maximum Gasteiger partial charge on any atom is 0.121 e. The number of hydrogen-bond donors (Lipinski definition) is 1. The maximum absolute atomic E-state index is 5.29. The number of nitrogens with zero attached hydrogens (tertiary/aromatic N) is 2. The highest BCUT2D eigenvalue weighted by atomic mass is 16.5. The summed E-state index contributed by atoms with van der Waals surface area (Å²) in [6.45, 7) is 12.1. The molecule has 0 amide bonds. The first-order valence-electron chi connectivity index (χ1n) is 7.42. The number of nitrogens with one attached hydrogen (secondary N) is 1. The highest BCUT2D eigenvalue weighted by Crippen LogP contribution is 2.22. The SMILES string of the molecule is C=C(C)Cn1c(CCNC(C)C)nc2cc(OC)ccc21. The van der Waals surface area contributed by atoms with Crippen LogP contribution in [0, 0.1) is 0 Å². The maximum atomic E-state index is 5.29. The van der Waals surface area contributed by atoms with Crippen molar-refractivity contribution in [1.29, 1.82) is 0 Å². The van der Waals surface area contributed by atoms with Crippen LogP contribution < -0.4 is 10.1 Å². The largest absolute Gasteiger partial charge is 0.497 e. The molecule has 0 spiro atoms. The molecule has 0 aliphatic rings. The molecule has 0 fully saturated rings. The first kappa shape index (κ1) is 15.6. The number of fused-ring (bicyclic) bond motifs is 1. The third-order valence-electron chi connectivity index (χ3n) is 3.36. The number of imidazole rings is 1. The van der Waals surface area contributed by atoms with Gasteiger partial charge >= 0.3 is 0 Å². The molecule has 1 N–H and O–H groups in total. The van der Waals surface area contributed by atoms with Gasteiger partial charge in [-0.1, -0.05) is 26.0 Å². The molecule has 1 heterocycles. The van der Waals surface area contributed by atoms with Gasteiger partial charge in [0.1, 0.15) is 11.6 Å². The van der Waals surface area contributed by atoms with E-state index < -0.39 is 0 Å². The van der Waals surface area contributed by atoms with Gasteiger partial charge in [-0.2, -0.15) is 0 Å². The van der Waals surface area contributed by atoms with E-state index in [0.717, 1.165) is 47.7 Å². The average Bonchev–Trinajstić information content (AvgIpc) is 2.75. The van der Waals surface area contributed by atoms with Crippen LogP contribution in [0.25, 0.3) is 11.0 Å². The Labute approximate surface area is 126 Å². The van der Waals surface area contributed by atoms with Gasteiger partial charge in [-0.3, -0.25) is 0 Å². The van der Waals surface area contributed by atoms with E-state index >= 15 is 0 Å². The zero-order valence-electron chi connectivity index (χ0n) is 13.4. The highest BCUT2D eigenvalue weighted by molar-refractivity contribution is 5.78. The molecule has 0 unspecified atom stereocenters. The van der Waals surface area contributed by atoms with Gasteiger partial charge in [0, 0.05) is 31.6 Å². The van der Waals surface area contributed by atoms with Crippen LogP contribution in [0.5, 0.6) is 5.75 Å². The molecule has 4 nitrogen and oxygen atoms in total. The Bertz CT molecular complexity index is 628. The molecule has 114 valence electrons. The van der Waals surface area contributed by atoms with E-state index in [9.17, 15) is 0 Å². The van der Waals surface area contributed by atoms with Crippen LogP contribution in [0.15, 0.2) is 30.4 Å². The second kappa shape index (κ2) is 6.76. The summed E-state index contributed by atoms with van der Waals surface area (Å²) in [5, 5.41) is 3.44. The monoisotopic (exact) mass is 287 g/mol. The van der Waals surface area contributed by atoms with Crippen LogP contribution >= 0.6 is 0 Å². The number of methoxy groups -OCH3 is 1. The normalized spacial score (nSPS) is 11.3. The Morgan fingerprint density at radius 3 is 2.81 bits per heavy atom. The predicted molar refractivity (Wildman–Crippen MR) is 87.9 cm³/mol. The first-order valence-corrected chi connectivity index (χ1v) is 7.42. The van der Waals surface area contributed by atoms with Crippen molar-refractivity contribution < 1.29 is 4.74 Å². The van der Waals surface area contributed by atoms with E-state index in [4.69, 9.17) is 9.72 Å². The second-order valence-corrected chi connectivity index (χ2v) is 5.78. The molecule has 0 saturated heterocycles. The molecule has 1 aromatic heterocycles. The number of benzene rings is 1. The quantitative estimate of drug-likeness (QED) is 0.795. The van der Waals surface area contributed by atoms with E-state index in [1.54, 1.807) is 7.11 Å². The molecular weight excluding hydrogens is 262 g/mol. The molecule has 2 rings (SSSR count). The molecule has 0 atom stereocenters. The van der Waals surface area contributed by atoms with Crippen LogP contribution in [0.3, 0.4) is 0 Å². The van der Waals surface area contributed by atoms with Crippen LogP contribution in [-0.4, -0.2) is 29.2 Å². The zero-order chi connectivity index (χ0) is 15.4. The Morgan fingerprint density at radius 1 is 1.43 bits per heavy atom. The van der Waals surface area contributed by atoms with Gasteiger partial charge in [0.15, 0.2) is 0 Å². The van der Waals surface area contributed by atoms with Crippen LogP contribution in [0.1, 0.15) is 26.6 Å². The lowest BCUT2D eigenvalue weighted by Gasteiger charge is -2.11. The minimum absolute atomic E-state index is 0.490. The lowest BCUT2D eigenvalue weighted by atomic mass is 10.2. The first-order chi connectivity index (χ1) is 10.0. The van der Waals surface area contributed by atoms with Crippen LogP contribution in [0.2, 0.25) is 0 Å². The van der Waals surface area contributed by atoms with Gasteiger partial charge in [0.2, 0.25) is 0 Å². The van der Waals surface area contributed by atoms with Crippen LogP contribution in [-0.2, 0) is 13.0 Å². The van der Waals surface area contributed by atoms with Gasteiger partial charge in [0.25, 0.3) is 0 Å². The summed E-state index contributed by atoms with van der Waals surface area (Å²) in [6.07, 6.45) is 0.905. The van der Waals surface area contributed by atoms with Gasteiger partial charge in [-0.05, 0) is 19.1 Å². The molecule has 2 aromatic rings. The van der Waals surface area contributed by atoms with Gasteiger partial charge in [0.05, 0.1) is 18.1 Å². The number of hydrogen-bond acceptors (Lipinski definition) is 3. The highest BCUT2D eigenvalue weighted by Gasteiger charge is 2.11. The lowest BCUT2D eigenvalue weighted by molar-refractivity contribution is 0.415. The summed E-state index contributed by atoms with van der Waals surface area (Å²) >= 11 is 0. The topological polar surface area (TPSA) is 39.1 Å². The predicted octanol–water partition coefficient (Wildman–Crippen LogP) is 3.16. The lowest BCUT2D eigenvalue weighted by Crippen LogP contribution is -2.25. The fourth-order valence-electron chi connectivity index (χ4n) is 2.40. The Kier molecular flexibility index (Phi) is 5.02. The van der Waals surface area contributed by atoms with Crippen molar-refractivity contribution >= 4 is 11.0 Å². The summed E-state index contributed by atoms with van der Waals surface area (Å²) in [6, 6.07) is 6.53. The van der Waals surface area contributed by atoms with E-state index in [1.807, 2.05) is 19.1 Å². The van der Waals surface area contributed by atoms with Crippen molar-refractivity contribution in [1.82, 2.24) is 14.9 Å². The molecule has 21 heavy (non-hydrogen) atoms. The summed E-state index contributed by atoms with van der Waals surface area (Å²) in [4.78, 5) is 4.77. The second-order valence-electron chi connectivity index (χ2n) is 5.78. The minimum Gasteiger partial charge on any atom is -0.497 e. The summed E-state index contributed by atoms with van der Waals surface area (Å²) in [7, 11) is 1.68. The smallest absolute Gasteiger partial charge is 0.121 e. The Morgan fingerprint density at radius 2 is 2.19 bits per heavy atom. The van der Waals surface area contributed by atoms with Crippen LogP contribution in [0.4, 0.5) is 0 Å². The molecule has 1 aromatic carbocycles. The van der Waals surface area contributed by atoms with Crippen molar-refractivity contribution in [3.8, 4) is 5.75 Å².